The third-order valence-corrected chi connectivity index (χ3v) is 3.39. The number of hydrogen-bond donors (Lipinski definition) is 0. The fraction of sp³-hybridized carbons (Fsp3) is 0.571. The smallest absolute Gasteiger partial charge is 0.118 e. The molecule has 1 fully saturated rings. The van der Waals surface area contributed by atoms with Crippen LogP contribution in [0.1, 0.15) is 37.7 Å². The van der Waals surface area contributed by atoms with Crippen molar-refractivity contribution in [3.63, 3.8) is 0 Å². The standard InChI is InChI=1S/C14H20O2/c1-3-14-13(5-4-10-16-14)11-6-8-12(15-2)9-7-11/h6-9,13-14H,3-5,10H2,1-2H3. The minimum absolute atomic E-state index is 0.391. The maximum absolute atomic E-state index is 5.82. The minimum atomic E-state index is 0.391. The van der Waals surface area contributed by atoms with E-state index in [-0.39, 0.29) is 0 Å². The van der Waals surface area contributed by atoms with Gasteiger partial charge >= 0.3 is 0 Å². The van der Waals surface area contributed by atoms with Gasteiger partial charge in [-0.15, -0.1) is 0 Å². The van der Waals surface area contributed by atoms with E-state index in [1.165, 1.54) is 18.4 Å². The highest BCUT2D eigenvalue weighted by molar-refractivity contribution is 5.30. The summed E-state index contributed by atoms with van der Waals surface area (Å²) in [6.07, 6.45) is 3.90. The summed E-state index contributed by atoms with van der Waals surface area (Å²) < 4.78 is 11.0. The Hall–Kier alpha value is -1.02. The molecule has 2 rings (SSSR count). The second-order valence-corrected chi connectivity index (χ2v) is 4.34. The van der Waals surface area contributed by atoms with E-state index in [0.717, 1.165) is 18.8 Å². The number of hydrogen-bond acceptors (Lipinski definition) is 2. The summed E-state index contributed by atoms with van der Waals surface area (Å²) in [6.45, 7) is 3.12. The lowest BCUT2D eigenvalue weighted by molar-refractivity contribution is -0.00250. The van der Waals surface area contributed by atoms with E-state index in [1.807, 2.05) is 12.1 Å². The van der Waals surface area contributed by atoms with Crippen LogP contribution in [0.2, 0.25) is 0 Å². The number of benzene rings is 1. The zero-order valence-electron chi connectivity index (χ0n) is 10.1. The molecule has 1 saturated heterocycles. The molecule has 2 heteroatoms. The van der Waals surface area contributed by atoms with Crippen LogP contribution in [0.3, 0.4) is 0 Å². The molecule has 2 unspecified atom stereocenters. The predicted molar refractivity (Wildman–Crippen MR) is 65.0 cm³/mol. The fourth-order valence-electron chi connectivity index (χ4n) is 2.47. The van der Waals surface area contributed by atoms with Gasteiger partial charge in [-0.3, -0.25) is 0 Å². The van der Waals surface area contributed by atoms with Gasteiger partial charge in [0.25, 0.3) is 0 Å². The molecule has 1 aromatic rings. The van der Waals surface area contributed by atoms with Crippen LogP contribution in [-0.2, 0) is 4.74 Å². The molecule has 2 atom stereocenters. The zero-order valence-corrected chi connectivity index (χ0v) is 10.1. The fourth-order valence-corrected chi connectivity index (χ4v) is 2.47. The molecule has 0 saturated carbocycles. The number of ether oxygens (including phenoxy) is 2. The van der Waals surface area contributed by atoms with Crippen LogP contribution < -0.4 is 4.74 Å². The Morgan fingerprint density at radius 3 is 2.69 bits per heavy atom. The normalized spacial score (nSPS) is 25.4. The number of methoxy groups -OCH3 is 1. The van der Waals surface area contributed by atoms with Crippen molar-refractivity contribution in [2.24, 2.45) is 0 Å². The first-order valence-corrected chi connectivity index (χ1v) is 6.10. The average molecular weight is 220 g/mol. The molecule has 1 heterocycles. The molecule has 1 aliphatic heterocycles. The lowest BCUT2D eigenvalue weighted by Gasteiger charge is -2.31. The quantitative estimate of drug-likeness (QED) is 0.777. The van der Waals surface area contributed by atoms with Crippen LogP contribution in [0, 0.1) is 0 Å². The first kappa shape index (κ1) is 11.5. The van der Waals surface area contributed by atoms with E-state index in [2.05, 4.69) is 19.1 Å². The van der Waals surface area contributed by atoms with Crippen molar-refractivity contribution in [2.45, 2.75) is 38.2 Å². The van der Waals surface area contributed by atoms with E-state index < -0.39 is 0 Å². The van der Waals surface area contributed by atoms with Gasteiger partial charge in [0, 0.05) is 12.5 Å². The van der Waals surface area contributed by atoms with Gasteiger partial charge in [0.15, 0.2) is 0 Å². The third kappa shape index (κ3) is 2.38. The van der Waals surface area contributed by atoms with Crippen molar-refractivity contribution in [3.8, 4) is 5.75 Å². The second kappa shape index (κ2) is 5.35. The van der Waals surface area contributed by atoms with Gasteiger partial charge in [-0.25, -0.2) is 0 Å². The summed E-state index contributed by atoms with van der Waals surface area (Å²) in [7, 11) is 1.70. The SMILES string of the molecule is CCC1OCCCC1c1ccc(OC)cc1. The van der Waals surface area contributed by atoms with E-state index in [4.69, 9.17) is 9.47 Å². The third-order valence-electron chi connectivity index (χ3n) is 3.39. The van der Waals surface area contributed by atoms with Gasteiger partial charge in [-0.05, 0) is 37.0 Å². The Morgan fingerprint density at radius 2 is 2.06 bits per heavy atom. The monoisotopic (exact) mass is 220 g/mol. The van der Waals surface area contributed by atoms with Crippen molar-refractivity contribution in [1.29, 1.82) is 0 Å². The lowest BCUT2D eigenvalue weighted by Crippen LogP contribution is -2.27. The van der Waals surface area contributed by atoms with Gasteiger partial charge in [0.1, 0.15) is 5.75 Å². The van der Waals surface area contributed by atoms with Crippen LogP contribution in [0.4, 0.5) is 0 Å². The molecule has 1 aliphatic rings. The van der Waals surface area contributed by atoms with E-state index in [1.54, 1.807) is 7.11 Å². The molecule has 1 aromatic carbocycles. The summed E-state index contributed by atoms with van der Waals surface area (Å²) in [5.41, 5.74) is 1.38. The Kier molecular flexibility index (Phi) is 3.83. The molecule has 0 aromatic heterocycles. The minimum Gasteiger partial charge on any atom is -0.497 e. The van der Waals surface area contributed by atoms with Gasteiger partial charge in [-0.1, -0.05) is 19.1 Å². The van der Waals surface area contributed by atoms with Gasteiger partial charge in [0.05, 0.1) is 13.2 Å². The largest absolute Gasteiger partial charge is 0.497 e. The van der Waals surface area contributed by atoms with E-state index in [0.29, 0.717) is 12.0 Å². The summed E-state index contributed by atoms with van der Waals surface area (Å²) in [6, 6.07) is 8.41. The van der Waals surface area contributed by atoms with Crippen LogP contribution in [0.25, 0.3) is 0 Å². The highest BCUT2D eigenvalue weighted by atomic mass is 16.5. The molecule has 0 bridgehead atoms. The zero-order chi connectivity index (χ0) is 11.4. The van der Waals surface area contributed by atoms with Crippen molar-refractivity contribution < 1.29 is 9.47 Å². The molecular formula is C14H20O2. The highest BCUT2D eigenvalue weighted by Crippen LogP contribution is 2.33. The molecule has 88 valence electrons. The van der Waals surface area contributed by atoms with Crippen molar-refractivity contribution >= 4 is 0 Å². The lowest BCUT2D eigenvalue weighted by atomic mass is 9.86. The van der Waals surface area contributed by atoms with E-state index >= 15 is 0 Å². The Labute approximate surface area is 97.6 Å². The molecule has 0 radical (unpaired) electrons. The van der Waals surface area contributed by atoms with E-state index in [9.17, 15) is 0 Å². The molecule has 2 nitrogen and oxygen atoms in total. The summed E-state index contributed by atoms with van der Waals surface area (Å²) in [5, 5.41) is 0. The van der Waals surface area contributed by atoms with Gasteiger partial charge in [-0.2, -0.15) is 0 Å². The maximum Gasteiger partial charge on any atom is 0.118 e. The van der Waals surface area contributed by atoms with Crippen LogP contribution in [0.15, 0.2) is 24.3 Å². The van der Waals surface area contributed by atoms with Crippen molar-refractivity contribution in [2.75, 3.05) is 13.7 Å². The average Bonchev–Trinajstić information content (AvgIpc) is 2.39. The Balaban J connectivity index is 2.14. The Bertz CT molecular complexity index is 318. The van der Waals surface area contributed by atoms with Gasteiger partial charge in [0.2, 0.25) is 0 Å². The number of rotatable bonds is 3. The summed E-state index contributed by atoms with van der Waals surface area (Å²) in [4.78, 5) is 0. The molecule has 0 amide bonds. The first-order chi connectivity index (χ1) is 7.85. The molecule has 0 N–H and O–H groups in total. The van der Waals surface area contributed by atoms with Crippen LogP contribution in [-0.4, -0.2) is 19.8 Å². The molecule has 0 aliphatic carbocycles. The molecular weight excluding hydrogens is 200 g/mol. The van der Waals surface area contributed by atoms with Crippen LogP contribution >= 0.6 is 0 Å². The molecule has 16 heavy (non-hydrogen) atoms. The van der Waals surface area contributed by atoms with Crippen LogP contribution in [0.5, 0.6) is 5.75 Å². The first-order valence-electron chi connectivity index (χ1n) is 6.10. The highest BCUT2D eigenvalue weighted by Gasteiger charge is 2.25. The summed E-state index contributed by atoms with van der Waals surface area (Å²) >= 11 is 0. The maximum atomic E-state index is 5.82. The van der Waals surface area contributed by atoms with Crippen molar-refractivity contribution in [3.05, 3.63) is 29.8 Å². The molecule has 0 spiro atoms. The topological polar surface area (TPSA) is 18.5 Å². The predicted octanol–water partition coefficient (Wildman–Crippen LogP) is 3.37. The second-order valence-electron chi connectivity index (χ2n) is 4.34. The Morgan fingerprint density at radius 1 is 1.31 bits per heavy atom. The van der Waals surface area contributed by atoms with Crippen molar-refractivity contribution in [1.82, 2.24) is 0 Å². The van der Waals surface area contributed by atoms with Gasteiger partial charge < -0.3 is 9.47 Å². The summed E-state index contributed by atoms with van der Waals surface area (Å²) in [5.74, 6) is 1.48.